The number of rotatable bonds is 5. The van der Waals surface area contributed by atoms with Gasteiger partial charge in [0.15, 0.2) is 0 Å². The van der Waals surface area contributed by atoms with Crippen LogP contribution in [0.3, 0.4) is 0 Å². The van der Waals surface area contributed by atoms with Crippen molar-refractivity contribution in [2.24, 2.45) is 0 Å². The molecular formula is C13H19N3. The predicted molar refractivity (Wildman–Crippen MR) is 67.9 cm³/mol. The summed E-state index contributed by atoms with van der Waals surface area (Å²) in [5.74, 6) is 0. The molecule has 3 nitrogen and oxygen atoms in total. The maximum Gasteiger partial charge on any atom is 0.0450 e. The van der Waals surface area contributed by atoms with Crippen LogP contribution < -0.4 is 10.6 Å². The average molecular weight is 217 g/mol. The molecule has 2 rings (SSSR count). The van der Waals surface area contributed by atoms with Gasteiger partial charge in [-0.1, -0.05) is 6.07 Å². The lowest BCUT2D eigenvalue weighted by Gasteiger charge is -2.15. The van der Waals surface area contributed by atoms with Crippen LogP contribution >= 0.6 is 0 Å². The van der Waals surface area contributed by atoms with Gasteiger partial charge in [-0.25, -0.2) is 0 Å². The van der Waals surface area contributed by atoms with Gasteiger partial charge in [0.25, 0.3) is 0 Å². The van der Waals surface area contributed by atoms with Crippen LogP contribution in [0.15, 0.2) is 36.7 Å². The molecule has 1 unspecified atom stereocenters. The van der Waals surface area contributed by atoms with Crippen molar-refractivity contribution in [3.8, 4) is 0 Å². The second-order valence-corrected chi connectivity index (χ2v) is 4.13. The lowest BCUT2D eigenvalue weighted by molar-refractivity contribution is 0.529. The van der Waals surface area contributed by atoms with Crippen molar-refractivity contribution in [1.29, 1.82) is 0 Å². The predicted octanol–water partition coefficient (Wildman–Crippen LogP) is 1.29. The molecule has 16 heavy (non-hydrogen) atoms. The van der Waals surface area contributed by atoms with Crippen molar-refractivity contribution in [1.82, 2.24) is 15.0 Å². The maximum atomic E-state index is 3.32. The molecule has 0 saturated heterocycles. The van der Waals surface area contributed by atoms with Gasteiger partial charge < -0.3 is 15.0 Å². The van der Waals surface area contributed by atoms with Gasteiger partial charge in [-0.2, -0.15) is 0 Å². The van der Waals surface area contributed by atoms with Gasteiger partial charge in [0.2, 0.25) is 0 Å². The molecule has 0 amide bonds. The minimum absolute atomic E-state index is 0.484. The highest BCUT2D eigenvalue weighted by atomic mass is 14.9. The zero-order chi connectivity index (χ0) is 11.4. The zero-order valence-corrected chi connectivity index (χ0v) is 9.90. The molecule has 2 aromatic rings. The molecule has 1 atom stereocenters. The topological polar surface area (TPSA) is 28.5 Å². The van der Waals surface area contributed by atoms with Crippen LogP contribution in [0.25, 0.3) is 5.52 Å². The molecule has 2 N–H and O–H groups in total. The van der Waals surface area contributed by atoms with Crippen molar-refractivity contribution >= 4 is 5.52 Å². The van der Waals surface area contributed by atoms with Crippen LogP contribution in [-0.2, 0) is 6.42 Å². The number of likely N-dealkylation sites (N-methyl/N-ethyl adjacent to an activating group) is 2. The third-order valence-corrected chi connectivity index (χ3v) is 2.93. The summed E-state index contributed by atoms with van der Waals surface area (Å²) in [6.45, 7) is 0.986. The van der Waals surface area contributed by atoms with Gasteiger partial charge >= 0.3 is 0 Å². The second kappa shape index (κ2) is 5.14. The van der Waals surface area contributed by atoms with Gasteiger partial charge in [-0.15, -0.1) is 0 Å². The quantitative estimate of drug-likeness (QED) is 0.790. The summed E-state index contributed by atoms with van der Waals surface area (Å²) in [4.78, 5) is 0. The Morgan fingerprint density at radius 1 is 1.25 bits per heavy atom. The van der Waals surface area contributed by atoms with Gasteiger partial charge in [-0.05, 0) is 44.3 Å². The van der Waals surface area contributed by atoms with Crippen LogP contribution in [-0.4, -0.2) is 31.1 Å². The first kappa shape index (κ1) is 11.2. The molecule has 0 aliphatic heterocycles. The number of nitrogens with zero attached hydrogens (tertiary/aromatic N) is 1. The van der Waals surface area contributed by atoms with Crippen LogP contribution in [0.4, 0.5) is 0 Å². The largest absolute Gasteiger partial charge is 0.324 e. The van der Waals surface area contributed by atoms with Crippen LogP contribution in [0, 0.1) is 0 Å². The van der Waals surface area contributed by atoms with Crippen molar-refractivity contribution in [3.63, 3.8) is 0 Å². The van der Waals surface area contributed by atoms with Gasteiger partial charge in [-0.3, -0.25) is 0 Å². The molecule has 2 heterocycles. The minimum Gasteiger partial charge on any atom is -0.324 e. The van der Waals surface area contributed by atoms with E-state index >= 15 is 0 Å². The normalized spacial score (nSPS) is 13.1. The first-order chi connectivity index (χ1) is 7.83. The summed E-state index contributed by atoms with van der Waals surface area (Å²) in [6.07, 6.45) is 5.34. The van der Waals surface area contributed by atoms with E-state index in [1.165, 1.54) is 11.1 Å². The third kappa shape index (κ3) is 2.43. The fraction of sp³-hybridized carbons (Fsp3) is 0.385. The molecule has 0 fully saturated rings. The Labute approximate surface area is 96.5 Å². The molecule has 3 heteroatoms. The third-order valence-electron chi connectivity index (χ3n) is 2.93. The maximum absolute atomic E-state index is 3.32. The molecule has 2 aromatic heterocycles. The van der Waals surface area contributed by atoms with Crippen LogP contribution in [0.1, 0.15) is 5.56 Å². The minimum atomic E-state index is 0.484. The van der Waals surface area contributed by atoms with E-state index in [0.29, 0.717) is 6.04 Å². The summed E-state index contributed by atoms with van der Waals surface area (Å²) < 4.78 is 2.17. The molecule has 0 bridgehead atoms. The lowest BCUT2D eigenvalue weighted by atomic mass is 10.1. The Morgan fingerprint density at radius 3 is 2.88 bits per heavy atom. The Morgan fingerprint density at radius 2 is 2.12 bits per heavy atom. The summed E-state index contributed by atoms with van der Waals surface area (Å²) in [5, 5.41) is 6.52. The Balaban J connectivity index is 2.13. The van der Waals surface area contributed by atoms with E-state index in [0.717, 1.165) is 13.0 Å². The van der Waals surface area contributed by atoms with Crippen LogP contribution in [0.5, 0.6) is 0 Å². The Kier molecular flexibility index (Phi) is 3.59. The zero-order valence-electron chi connectivity index (χ0n) is 9.90. The summed E-state index contributed by atoms with van der Waals surface area (Å²) in [5.41, 5.74) is 2.61. The second-order valence-electron chi connectivity index (χ2n) is 4.13. The first-order valence-corrected chi connectivity index (χ1v) is 5.71. The number of pyridine rings is 1. The van der Waals surface area contributed by atoms with E-state index in [9.17, 15) is 0 Å². The fourth-order valence-electron chi connectivity index (χ4n) is 2.01. The van der Waals surface area contributed by atoms with E-state index in [2.05, 4.69) is 51.7 Å². The number of hydrogen-bond acceptors (Lipinski definition) is 2. The molecule has 0 aliphatic rings. The lowest BCUT2D eigenvalue weighted by Crippen LogP contribution is -2.36. The van der Waals surface area contributed by atoms with Crippen molar-refractivity contribution in [2.45, 2.75) is 12.5 Å². The standard InChI is InChI=1S/C13H19N3/c1-14-9-12(15-2)8-11-5-6-13-4-3-7-16(13)10-11/h3-7,10,12,14-15H,8-9H2,1-2H3. The Bertz CT molecular complexity index is 447. The van der Waals surface area contributed by atoms with Crippen molar-refractivity contribution in [2.75, 3.05) is 20.6 Å². The van der Waals surface area contributed by atoms with E-state index < -0.39 is 0 Å². The van der Waals surface area contributed by atoms with Crippen molar-refractivity contribution in [3.05, 3.63) is 42.2 Å². The van der Waals surface area contributed by atoms with E-state index in [1.54, 1.807) is 0 Å². The molecule has 0 saturated carbocycles. The highest BCUT2D eigenvalue weighted by Crippen LogP contribution is 2.09. The number of fused-ring (bicyclic) bond motifs is 1. The molecule has 0 aromatic carbocycles. The molecule has 86 valence electrons. The first-order valence-electron chi connectivity index (χ1n) is 5.71. The van der Waals surface area contributed by atoms with Gasteiger partial charge in [0.1, 0.15) is 0 Å². The van der Waals surface area contributed by atoms with E-state index in [-0.39, 0.29) is 0 Å². The molecule has 0 spiro atoms. The molecule has 0 radical (unpaired) electrons. The SMILES string of the molecule is CNCC(Cc1ccc2cccn2c1)NC. The smallest absolute Gasteiger partial charge is 0.0450 e. The summed E-state index contributed by atoms with van der Waals surface area (Å²) in [7, 11) is 4.00. The summed E-state index contributed by atoms with van der Waals surface area (Å²) >= 11 is 0. The number of nitrogens with one attached hydrogen (secondary N) is 2. The highest BCUT2D eigenvalue weighted by molar-refractivity contribution is 5.48. The number of hydrogen-bond donors (Lipinski definition) is 2. The van der Waals surface area contributed by atoms with Gasteiger partial charge in [0, 0.05) is 30.5 Å². The van der Waals surface area contributed by atoms with E-state index in [1.807, 2.05) is 14.1 Å². The molecular weight excluding hydrogens is 198 g/mol. The number of aromatic nitrogens is 1. The van der Waals surface area contributed by atoms with Crippen LogP contribution in [0.2, 0.25) is 0 Å². The van der Waals surface area contributed by atoms with E-state index in [4.69, 9.17) is 0 Å². The average Bonchev–Trinajstić information content (AvgIpc) is 2.75. The monoisotopic (exact) mass is 217 g/mol. The summed E-state index contributed by atoms with van der Waals surface area (Å²) in [6, 6.07) is 9.05. The Hall–Kier alpha value is -1.32. The highest BCUT2D eigenvalue weighted by Gasteiger charge is 2.06. The fourth-order valence-corrected chi connectivity index (χ4v) is 2.01. The molecule has 0 aliphatic carbocycles. The van der Waals surface area contributed by atoms with Gasteiger partial charge in [0.05, 0.1) is 0 Å². The van der Waals surface area contributed by atoms with Crippen molar-refractivity contribution < 1.29 is 0 Å².